The first-order valence-corrected chi connectivity index (χ1v) is 15.1. The molecule has 0 atom stereocenters. The highest BCUT2D eigenvalue weighted by molar-refractivity contribution is 5.95. The maximum Gasteiger partial charge on any atom is 0.229 e. The Kier molecular flexibility index (Phi) is 7.53. The van der Waals surface area contributed by atoms with Crippen LogP contribution in [0.4, 0.5) is 0 Å². The molecule has 0 aliphatic rings. The van der Waals surface area contributed by atoms with Gasteiger partial charge in [-0.25, -0.2) is 9.97 Å². The summed E-state index contributed by atoms with van der Waals surface area (Å²) in [6.45, 7) is 3.11. The Morgan fingerprint density at radius 1 is 0.413 bits per heavy atom. The topological polar surface area (TPSA) is 69.8 Å². The molecule has 0 spiro atoms. The Morgan fingerprint density at radius 3 is 1.04 bits per heavy atom. The molecule has 0 N–H and O–H groups in total. The molecule has 0 radical (unpaired) electrons. The Labute approximate surface area is 267 Å². The van der Waals surface area contributed by atoms with Gasteiger partial charge in [-0.1, -0.05) is 140 Å². The molecule has 0 aliphatic carbocycles. The molecule has 2 aromatic heterocycles. The van der Waals surface area contributed by atoms with Gasteiger partial charge in [-0.15, -0.1) is 0 Å². The lowest BCUT2D eigenvalue weighted by molar-refractivity contribution is 0.0931. The summed E-state index contributed by atoms with van der Waals surface area (Å²) in [6, 6.07) is 47.2. The van der Waals surface area contributed by atoms with Gasteiger partial charge in [0.25, 0.3) is 0 Å². The molecule has 6 heteroatoms. The maximum absolute atomic E-state index is 13.4. The van der Waals surface area contributed by atoms with Gasteiger partial charge in [0, 0.05) is 47.2 Å². The third-order valence-electron chi connectivity index (χ3n) is 7.95. The summed E-state index contributed by atoms with van der Waals surface area (Å²) in [5.41, 5.74) is 7.93. The quantitative estimate of drug-likeness (QED) is 0.191. The first-order chi connectivity index (χ1) is 22.5. The van der Waals surface area contributed by atoms with Crippen molar-refractivity contribution in [1.29, 1.82) is 0 Å². The van der Waals surface area contributed by atoms with Crippen molar-refractivity contribution in [2.24, 2.45) is 0 Å². The summed E-state index contributed by atoms with van der Waals surface area (Å²) >= 11 is 0. The number of carbonyl (C=O) groups is 2. The van der Waals surface area contributed by atoms with Crippen LogP contribution in [-0.2, 0) is 0 Å². The summed E-state index contributed by atoms with van der Waals surface area (Å²) in [6.07, 6.45) is 0. The number of aromatic nitrogens is 4. The molecule has 2 heterocycles. The monoisotopic (exact) mass is 598 g/mol. The highest BCUT2D eigenvalue weighted by Gasteiger charge is 2.26. The Hall–Kier alpha value is -6.14. The second-order valence-corrected chi connectivity index (χ2v) is 11.0. The van der Waals surface area contributed by atoms with Crippen LogP contribution in [0, 0.1) is 0 Å². The fourth-order valence-corrected chi connectivity index (χ4v) is 5.96. The number of rotatable bonds is 6. The minimum absolute atomic E-state index is 0.156. The molecule has 0 unspecified atom stereocenters. The number of benzene rings is 5. The second kappa shape index (κ2) is 12.1. The van der Waals surface area contributed by atoms with E-state index in [-0.39, 0.29) is 11.8 Å². The molecule has 7 aromatic rings. The van der Waals surface area contributed by atoms with Crippen LogP contribution in [0.25, 0.3) is 67.8 Å². The lowest BCUT2D eigenvalue weighted by Crippen LogP contribution is -2.10. The zero-order chi connectivity index (χ0) is 31.6. The largest absolute Gasteiger partial charge is 0.274 e. The van der Waals surface area contributed by atoms with E-state index >= 15 is 0 Å². The first kappa shape index (κ1) is 28.6. The highest BCUT2D eigenvalue weighted by atomic mass is 16.2. The van der Waals surface area contributed by atoms with E-state index in [2.05, 4.69) is 0 Å². The fraction of sp³-hybridized carbons (Fsp3) is 0.0500. The van der Waals surface area contributed by atoms with Crippen molar-refractivity contribution < 1.29 is 9.59 Å². The van der Waals surface area contributed by atoms with Crippen LogP contribution in [0.3, 0.4) is 0 Å². The molecule has 0 saturated carbocycles. The number of carbonyl (C=O) groups excluding carboxylic acids is 2. The van der Waals surface area contributed by atoms with Crippen LogP contribution < -0.4 is 0 Å². The molecule has 0 fully saturated rings. The molecule has 222 valence electrons. The summed E-state index contributed by atoms with van der Waals surface area (Å²) in [4.78, 5) is 37.0. The molecular weight excluding hydrogens is 568 g/mol. The van der Waals surface area contributed by atoms with E-state index < -0.39 is 0 Å². The van der Waals surface area contributed by atoms with Gasteiger partial charge >= 0.3 is 0 Å². The van der Waals surface area contributed by atoms with Crippen LogP contribution in [0.2, 0.25) is 0 Å². The van der Waals surface area contributed by atoms with E-state index in [0.29, 0.717) is 23.0 Å². The van der Waals surface area contributed by atoms with Gasteiger partial charge in [-0.3, -0.25) is 18.7 Å². The molecule has 0 amide bonds. The van der Waals surface area contributed by atoms with Crippen LogP contribution in [-0.4, -0.2) is 30.9 Å². The smallest absolute Gasteiger partial charge is 0.229 e. The van der Waals surface area contributed by atoms with Crippen molar-refractivity contribution >= 4 is 11.8 Å². The maximum atomic E-state index is 13.4. The normalized spacial score (nSPS) is 11.0. The van der Waals surface area contributed by atoms with Crippen LogP contribution in [0.15, 0.2) is 146 Å². The van der Waals surface area contributed by atoms with E-state index in [1.54, 1.807) is 23.0 Å². The summed E-state index contributed by atoms with van der Waals surface area (Å²) in [5.74, 6) is 0.716. The van der Waals surface area contributed by atoms with Gasteiger partial charge in [0.2, 0.25) is 11.8 Å². The van der Waals surface area contributed by atoms with Gasteiger partial charge in [0.1, 0.15) is 11.6 Å². The average Bonchev–Trinajstić information content (AvgIpc) is 3.71. The van der Waals surface area contributed by atoms with Gasteiger partial charge in [-0.2, -0.15) is 0 Å². The summed E-state index contributed by atoms with van der Waals surface area (Å²) in [5, 5.41) is 0. The summed E-state index contributed by atoms with van der Waals surface area (Å²) in [7, 11) is 0. The molecule has 7 rings (SSSR count). The Bertz CT molecular complexity index is 2030. The van der Waals surface area contributed by atoms with Crippen LogP contribution >= 0.6 is 0 Å². The Morgan fingerprint density at radius 2 is 0.717 bits per heavy atom. The van der Waals surface area contributed by atoms with Gasteiger partial charge in [-0.05, 0) is 6.07 Å². The minimum Gasteiger partial charge on any atom is -0.274 e. The molecule has 0 bridgehead atoms. The van der Waals surface area contributed by atoms with Crippen molar-refractivity contribution in [3.05, 3.63) is 146 Å². The minimum atomic E-state index is -0.156. The molecule has 0 saturated heterocycles. The van der Waals surface area contributed by atoms with E-state index in [9.17, 15) is 9.59 Å². The third-order valence-corrected chi connectivity index (χ3v) is 7.95. The number of hydrogen-bond donors (Lipinski definition) is 0. The predicted octanol–water partition coefficient (Wildman–Crippen LogP) is 9.40. The first-order valence-electron chi connectivity index (χ1n) is 15.1. The SMILES string of the molecule is CC(=O)n1c(-c2cccc(-c3nc(-c4ccccc4)c(-c4ccccc4)n3C(C)=O)c2)nc(-c2ccccc2)c1-c1ccccc1. The third kappa shape index (κ3) is 5.16. The molecule has 0 aliphatic heterocycles. The van der Waals surface area contributed by atoms with E-state index in [1.807, 2.05) is 146 Å². The number of nitrogens with zero attached hydrogens (tertiary/aromatic N) is 4. The zero-order valence-electron chi connectivity index (χ0n) is 25.5. The standard InChI is InChI=1S/C40H30N4O2/c1-27(45)43-37(31-20-11-5-12-21-31)35(29-16-7-3-8-17-29)41-39(43)33-24-15-25-34(26-33)40-42-36(30-18-9-4-10-19-30)38(44(40)28(2)46)32-22-13-6-14-23-32/h3-26H,1-2H3. The van der Waals surface area contributed by atoms with Crippen LogP contribution in [0.1, 0.15) is 23.4 Å². The van der Waals surface area contributed by atoms with Crippen molar-refractivity contribution in [1.82, 2.24) is 19.1 Å². The van der Waals surface area contributed by atoms with Crippen molar-refractivity contribution in [3.8, 4) is 67.8 Å². The van der Waals surface area contributed by atoms with Gasteiger partial charge < -0.3 is 0 Å². The van der Waals surface area contributed by atoms with Crippen molar-refractivity contribution in [3.63, 3.8) is 0 Å². The van der Waals surface area contributed by atoms with Gasteiger partial charge in [0.15, 0.2) is 0 Å². The van der Waals surface area contributed by atoms with E-state index in [4.69, 9.17) is 9.97 Å². The van der Waals surface area contributed by atoms with Crippen molar-refractivity contribution in [2.75, 3.05) is 0 Å². The van der Waals surface area contributed by atoms with Crippen LogP contribution in [0.5, 0.6) is 0 Å². The molecular formula is C40H30N4O2. The summed E-state index contributed by atoms with van der Waals surface area (Å²) < 4.78 is 3.36. The average molecular weight is 599 g/mol. The Balaban J connectivity index is 1.47. The lowest BCUT2D eigenvalue weighted by Gasteiger charge is -2.12. The highest BCUT2D eigenvalue weighted by Crippen LogP contribution is 2.39. The molecule has 6 nitrogen and oxygen atoms in total. The number of hydrogen-bond acceptors (Lipinski definition) is 4. The fourth-order valence-electron chi connectivity index (χ4n) is 5.96. The van der Waals surface area contributed by atoms with Crippen molar-refractivity contribution in [2.45, 2.75) is 13.8 Å². The molecule has 46 heavy (non-hydrogen) atoms. The zero-order valence-corrected chi connectivity index (χ0v) is 25.5. The number of imidazole rings is 2. The van der Waals surface area contributed by atoms with Gasteiger partial charge in [0.05, 0.1) is 22.8 Å². The lowest BCUT2D eigenvalue weighted by atomic mass is 10.0. The molecule has 5 aromatic carbocycles. The van der Waals surface area contributed by atoms with E-state index in [0.717, 1.165) is 44.8 Å². The predicted molar refractivity (Wildman–Crippen MR) is 183 cm³/mol. The second-order valence-electron chi connectivity index (χ2n) is 11.0. The van der Waals surface area contributed by atoms with E-state index in [1.165, 1.54) is 0 Å².